The molecule has 3 aromatic rings. The molecule has 1 amide bonds. The monoisotopic (exact) mass is 404 g/mol. The molecular formula is C16H12N4O5S2. The molecule has 138 valence electrons. The number of carbonyl (C=O) groups excluding carboxylic acids is 1. The highest BCUT2D eigenvalue weighted by Gasteiger charge is 2.16. The zero-order valence-corrected chi connectivity index (χ0v) is 15.2. The number of hydrogen-bond acceptors (Lipinski definition) is 9. The van der Waals surface area contributed by atoms with E-state index in [1.165, 1.54) is 23.1 Å². The molecule has 11 heteroatoms. The number of nitrogens with zero attached hydrogens (tertiary/aromatic N) is 3. The van der Waals surface area contributed by atoms with Crippen LogP contribution < -0.4 is 5.43 Å². The van der Waals surface area contributed by atoms with E-state index < -0.39 is 28.0 Å². The van der Waals surface area contributed by atoms with E-state index in [-0.39, 0.29) is 11.3 Å². The van der Waals surface area contributed by atoms with Crippen molar-refractivity contribution in [3.05, 3.63) is 52.1 Å². The number of aromatic hydroxyl groups is 2. The number of phenolic OH excluding ortho intramolecular Hbond substituents is 2. The molecule has 3 N–H and O–H groups in total. The number of amides is 1. The Labute approximate surface area is 160 Å². The van der Waals surface area contributed by atoms with Crippen LogP contribution in [-0.2, 0) is 4.79 Å². The standard InChI is InChI=1S/C16H12N4O5S2/c21-12-6-13(22)11(20(24)25)5-9(12)7-17-19-15(23)8-26-16-18-10-3-1-2-4-14(10)27-16/h1-7,21-22H,8H2,(H,19,23)/b17-7+. The number of aromatic nitrogens is 1. The smallest absolute Gasteiger partial charge is 0.311 e. The minimum atomic E-state index is -0.792. The summed E-state index contributed by atoms with van der Waals surface area (Å²) in [7, 11) is 0. The summed E-state index contributed by atoms with van der Waals surface area (Å²) in [6, 6.07) is 9.44. The topological polar surface area (TPSA) is 138 Å². The number of hydrazone groups is 1. The van der Waals surface area contributed by atoms with Crippen LogP contribution in [0.4, 0.5) is 5.69 Å². The van der Waals surface area contributed by atoms with Crippen LogP contribution in [0, 0.1) is 10.1 Å². The van der Waals surface area contributed by atoms with Gasteiger partial charge in [0.25, 0.3) is 5.91 Å². The van der Waals surface area contributed by atoms with Crippen LogP contribution >= 0.6 is 23.1 Å². The Balaban J connectivity index is 1.58. The highest BCUT2D eigenvalue weighted by atomic mass is 32.2. The van der Waals surface area contributed by atoms with E-state index in [1.807, 2.05) is 24.3 Å². The molecule has 0 radical (unpaired) electrons. The second-order valence-corrected chi connectivity index (χ2v) is 7.44. The number of rotatable bonds is 6. The van der Waals surface area contributed by atoms with Gasteiger partial charge >= 0.3 is 5.69 Å². The quantitative estimate of drug-likeness (QED) is 0.248. The lowest BCUT2D eigenvalue weighted by molar-refractivity contribution is -0.385. The molecule has 0 fully saturated rings. The Morgan fingerprint density at radius 1 is 1.33 bits per heavy atom. The van der Waals surface area contributed by atoms with Gasteiger partial charge in [0, 0.05) is 17.7 Å². The molecule has 0 aliphatic rings. The molecule has 1 heterocycles. The molecule has 2 aromatic carbocycles. The summed E-state index contributed by atoms with van der Waals surface area (Å²) >= 11 is 2.74. The first kappa shape index (κ1) is 18.6. The first-order valence-electron chi connectivity index (χ1n) is 7.44. The largest absolute Gasteiger partial charge is 0.507 e. The van der Waals surface area contributed by atoms with E-state index in [1.54, 1.807) is 0 Å². The molecule has 0 saturated heterocycles. The van der Waals surface area contributed by atoms with Gasteiger partial charge in [0.1, 0.15) is 5.75 Å². The third-order valence-electron chi connectivity index (χ3n) is 3.31. The van der Waals surface area contributed by atoms with Gasteiger partial charge in [-0.05, 0) is 12.1 Å². The van der Waals surface area contributed by atoms with Gasteiger partial charge in [0.15, 0.2) is 10.1 Å². The van der Waals surface area contributed by atoms with Crippen LogP contribution in [0.25, 0.3) is 10.2 Å². The zero-order valence-electron chi connectivity index (χ0n) is 13.5. The van der Waals surface area contributed by atoms with Crippen molar-refractivity contribution in [2.24, 2.45) is 5.10 Å². The van der Waals surface area contributed by atoms with Gasteiger partial charge in [-0.25, -0.2) is 10.4 Å². The fourth-order valence-corrected chi connectivity index (χ4v) is 3.94. The second-order valence-electron chi connectivity index (χ2n) is 5.19. The molecule has 9 nitrogen and oxygen atoms in total. The minimum absolute atomic E-state index is 0.0152. The van der Waals surface area contributed by atoms with Gasteiger partial charge in [0.2, 0.25) is 0 Å². The maximum Gasteiger partial charge on any atom is 0.311 e. The number of benzene rings is 2. The number of carbonyl (C=O) groups is 1. The summed E-state index contributed by atoms with van der Waals surface area (Å²) < 4.78 is 1.78. The molecule has 0 aliphatic heterocycles. The maximum atomic E-state index is 11.9. The molecule has 1 aromatic heterocycles. The maximum absolute atomic E-state index is 11.9. The predicted octanol–water partition coefficient (Wildman–Crippen LogP) is 2.86. The van der Waals surface area contributed by atoms with Crippen molar-refractivity contribution in [2.45, 2.75) is 4.34 Å². The molecule has 0 unspecified atom stereocenters. The lowest BCUT2D eigenvalue weighted by Crippen LogP contribution is -2.19. The summed E-state index contributed by atoms with van der Waals surface area (Å²) in [5, 5.41) is 33.6. The molecule has 0 bridgehead atoms. The predicted molar refractivity (Wildman–Crippen MR) is 103 cm³/mol. The van der Waals surface area contributed by atoms with Gasteiger partial charge in [-0.1, -0.05) is 23.9 Å². The highest BCUT2D eigenvalue weighted by Crippen LogP contribution is 2.32. The van der Waals surface area contributed by atoms with Gasteiger partial charge in [-0.3, -0.25) is 14.9 Å². The van der Waals surface area contributed by atoms with Crippen molar-refractivity contribution < 1.29 is 19.9 Å². The summed E-state index contributed by atoms with van der Waals surface area (Å²) in [4.78, 5) is 26.3. The van der Waals surface area contributed by atoms with Crippen molar-refractivity contribution in [1.82, 2.24) is 10.4 Å². The molecular weight excluding hydrogens is 392 g/mol. The number of thiazole rings is 1. The van der Waals surface area contributed by atoms with Crippen LogP contribution in [0.15, 0.2) is 45.8 Å². The van der Waals surface area contributed by atoms with Crippen LogP contribution in [0.3, 0.4) is 0 Å². The highest BCUT2D eigenvalue weighted by molar-refractivity contribution is 8.01. The Morgan fingerprint density at radius 2 is 2.11 bits per heavy atom. The number of thioether (sulfide) groups is 1. The van der Waals surface area contributed by atoms with Gasteiger partial charge in [-0.2, -0.15) is 5.10 Å². The molecule has 27 heavy (non-hydrogen) atoms. The SMILES string of the molecule is O=C(CSc1nc2ccccc2s1)N/N=C/c1cc([N+](=O)[O-])c(O)cc1O. The number of fused-ring (bicyclic) bond motifs is 1. The van der Waals surface area contributed by atoms with E-state index in [0.717, 1.165) is 32.9 Å². The molecule has 0 atom stereocenters. The molecule has 0 aliphatic carbocycles. The number of nitro benzene ring substituents is 1. The van der Waals surface area contributed by atoms with Gasteiger partial charge < -0.3 is 10.2 Å². The normalized spacial score (nSPS) is 11.1. The average Bonchev–Trinajstić information content (AvgIpc) is 3.04. The third kappa shape index (κ3) is 4.51. The van der Waals surface area contributed by atoms with E-state index in [0.29, 0.717) is 0 Å². The van der Waals surface area contributed by atoms with Crippen LogP contribution in [0.2, 0.25) is 0 Å². The Morgan fingerprint density at radius 3 is 2.85 bits per heavy atom. The Hall–Kier alpha value is -3.18. The summed E-state index contributed by atoms with van der Waals surface area (Å²) in [5.74, 6) is -1.38. The Bertz CT molecular complexity index is 1020. The van der Waals surface area contributed by atoms with Crippen molar-refractivity contribution in [2.75, 3.05) is 5.75 Å². The van der Waals surface area contributed by atoms with Crippen molar-refractivity contribution in [1.29, 1.82) is 0 Å². The second kappa shape index (κ2) is 8.01. The Kier molecular flexibility index (Phi) is 5.52. The fourth-order valence-electron chi connectivity index (χ4n) is 2.08. The third-order valence-corrected chi connectivity index (χ3v) is 5.49. The van der Waals surface area contributed by atoms with E-state index in [4.69, 9.17) is 0 Å². The van der Waals surface area contributed by atoms with Crippen molar-refractivity contribution in [3.63, 3.8) is 0 Å². The number of phenols is 2. The first-order chi connectivity index (χ1) is 12.9. The fraction of sp³-hybridized carbons (Fsp3) is 0.0625. The molecule has 3 rings (SSSR count). The van der Waals surface area contributed by atoms with Crippen molar-refractivity contribution >= 4 is 51.1 Å². The summed E-state index contributed by atoms with van der Waals surface area (Å²) in [5.41, 5.74) is 2.55. The lowest BCUT2D eigenvalue weighted by atomic mass is 10.2. The van der Waals surface area contributed by atoms with Gasteiger partial charge in [0.05, 0.1) is 27.1 Å². The van der Waals surface area contributed by atoms with Crippen LogP contribution in [0.1, 0.15) is 5.56 Å². The summed E-state index contributed by atoms with van der Waals surface area (Å²) in [6.07, 6.45) is 1.06. The average molecular weight is 404 g/mol. The summed E-state index contributed by atoms with van der Waals surface area (Å²) in [6.45, 7) is 0. The molecule has 0 spiro atoms. The molecule has 0 saturated carbocycles. The number of nitro groups is 1. The van der Waals surface area contributed by atoms with E-state index in [9.17, 15) is 25.1 Å². The van der Waals surface area contributed by atoms with Crippen molar-refractivity contribution in [3.8, 4) is 11.5 Å². The van der Waals surface area contributed by atoms with Gasteiger partial charge in [-0.15, -0.1) is 11.3 Å². The zero-order chi connectivity index (χ0) is 19.4. The first-order valence-corrected chi connectivity index (χ1v) is 9.25. The van der Waals surface area contributed by atoms with E-state index >= 15 is 0 Å². The van der Waals surface area contributed by atoms with E-state index in [2.05, 4.69) is 15.5 Å². The minimum Gasteiger partial charge on any atom is -0.507 e. The number of para-hydroxylation sites is 1. The lowest BCUT2D eigenvalue weighted by Gasteiger charge is -2.01. The number of hydrogen-bond donors (Lipinski definition) is 3. The number of nitrogens with one attached hydrogen (secondary N) is 1. The van der Waals surface area contributed by atoms with Crippen LogP contribution in [0.5, 0.6) is 11.5 Å². The van der Waals surface area contributed by atoms with Crippen LogP contribution in [-0.4, -0.2) is 38.0 Å².